The molecule has 2 atom stereocenters. The monoisotopic (exact) mass is 611 g/mol. The van der Waals surface area contributed by atoms with E-state index in [1.165, 1.54) is 6.07 Å². The number of aromatic nitrogens is 1. The van der Waals surface area contributed by atoms with Crippen molar-refractivity contribution in [1.82, 2.24) is 14.6 Å². The van der Waals surface area contributed by atoms with Crippen molar-refractivity contribution in [3.8, 4) is 22.6 Å². The van der Waals surface area contributed by atoms with Crippen molar-refractivity contribution in [3.63, 3.8) is 0 Å². The fourth-order valence-corrected chi connectivity index (χ4v) is 7.06. The summed E-state index contributed by atoms with van der Waals surface area (Å²) in [5.74, 6) is -0.143. The fourth-order valence-electron chi connectivity index (χ4n) is 5.66. The van der Waals surface area contributed by atoms with Crippen LogP contribution in [-0.4, -0.2) is 36.2 Å². The first-order chi connectivity index (χ1) is 21.1. The Hall–Kier alpha value is -4.02. The van der Waals surface area contributed by atoms with Crippen molar-refractivity contribution in [2.45, 2.75) is 51.1 Å². The highest BCUT2D eigenvalue weighted by molar-refractivity contribution is 7.90. The molecule has 5 aromatic rings. The molecule has 1 aliphatic rings. The van der Waals surface area contributed by atoms with Gasteiger partial charge in [-0.05, 0) is 63.1 Å². The molecule has 2 N–H and O–H groups in total. The third kappa shape index (κ3) is 5.88. The van der Waals surface area contributed by atoms with Crippen LogP contribution >= 0.6 is 0 Å². The number of furan rings is 1. The Kier molecular flexibility index (Phi) is 8.30. The molecular weight excluding hydrogens is 577 g/mol. The maximum absolute atomic E-state index is 14.3. The van der Waals surface area contributed by atoms with Gasteiger partial charge in [-0.1, -0.05) is 54.6 Å². The van der Waals surface area contributed by atoms with E-state index in [9.17, 15) is 18.8 Å². The van der Waals surface area contributed by atoms with Gasteiger partial charge in [-0.25, -0.2) is 9.37 Å². The SMILES string of the molecule is CC(C)(C)[S+]([O-])N1Cc2cc(C(=O)NCc3ccccc3F)nc(-c3cccc(-c4cc5ccccc5o4)c3)c2C1CCO. The number of nitrogens with one attached hydrogen (secondary N) is 1. The van der Waals surface area contributed by atoms with Crippen molar-refractivity contribution in [2.24, 2.45) is 0 Å². The normalized spacial score (nSPS) is 15.8. The van der Waals surface area contributed by atoms with Gasteiger partial charge in [0.15, 0.2) is 0 Å². The van der Waals surface area contributed by atoms with Gasteiger partial charge in [0.05, 0.1) is 18.3 Å². The molecule has 0 saturated heterocycles. The number of carbonyl (C=O) groups is 1. The smallest absolute Gasteiger partial charge is 0.270 e. The van der Waals surface area contributed by atoms with Crippen LogP contribution < -0.4 is 5.32 Å². The first-order valence-corrected chi connectivity index (χ1v) is 15.7. The lowest BCUT2D eigenvalue weighted by molar-refractivity contribution is 0.0945. The topological polar surface area (TPSA) is 102 Å². The van der Waals surface area contributed by atoms with E-state index in [-0.39, 0.29) is 24.9 Å². The first kappa shape index (κ1) is 30.0. The summed E-state index contributed by atoms with van der Waals surface area (Å²) in [6.45, 7) is 5.98. The molecule has 226 valence electrons. The van der Waals surface area contributed by atoms with Crippen LogP contribution in [0, 0.1) is 5.82 Å². The third-order valence-electron chi connectivity index (χ3n) is 7.77. The average molecular weight is 612 g/mol. The quantitative estimate of drug-likeness (QED) is 0.185. The van der Waals surface area contributed by atoms with Gasteiger partial charge in [-0.2, -0.15) is 0 Å². The molecule has 2 aromatic heterocycles. The van der Waals surface area contributed by atoms with Crippen molar-refractivity contribution in [3.05, 3.63) is 113 Å². The number of benzene rings is 3. The summed E-state index contributed by atoms with van der Waals surface area (Å²) in [7, 11) is 0. The highest BCUT2D eigenvalue weighted by Gasteiger charge is 2.45. The molecule has 7 nitrogen and oxygen atoms in total. The maximum atomic E-state index is 14.3. The second kappa shape index (κ2) is 12.2. The van der Waals surface area contributed by atoms with Crippen LogP contribution in [0.5, 0.6) is 0 Å². The Labute approximate surface area is 259 Å². The lowest BCUT2D eigenvalue weighted by atomic mass is 9.95. The minimum absolute atomic E-state index is 0.00838. The number of para-hydroxylation sites is 1. The molecule has 44 heavy (non-hydrogen) atoms. The molecule has 0 spiro atoms. The summed E-state index contributed by atoms with van der Waals surface area (Å²) in [6.07, 6.45) is 0.353. The molecule has 1 amide bonds. The van der Waals surface area contributed by atoms with Gasteiger partial charge in [0.25, 0.3) is 5.91 Å². The van der Waals surface area contributed by atoms with Gasteiger partial charge in [0, 0.05) is 52.2 Å². The van der Waals surface area contributed by atoms with Crippen LogP contribution in [0.1, 0.15) is 60.4 Å². The van der Waals surface area contributed by atoms with Crippen LogP contribution in [-0.2, 0) is 24.5 Å². The molecule has 2 unspecified atom stereocenters. The Bertz CT molecular complexity index is 1800. The number of halogens is 1. The van der Waals surface area contributed by atoms with Gasteiger partial charge < -0.3 is 19.4 Å². The second-order valence-electron chi connectivity index (χ2n) is 11.9. The minimum Gasteiger partial charge on any atom is -0.597 e. The molecule has 1 aliphatic heterocycles. The van der Waals surface area contributed by atoms with Gasteiger partial charge in [-0.3, -0.25) is 4.79 Å². The number of hydrogen-bond donors (Lipinski definition) is 2. The van der Waals surface area contributed by atoms with E-state index in [0.29, 0.717) is 30.0 Å². The second-order valence-corrected chi connectivity index (χ2v) is 14.1. The lowest BCUT2D eigenvalue weighted by Gasteiger charge is -2.33. The zero-order valence-electron chi connectivity index (χ0n) is 24.8. The van der Waals surface area contributed by atoms with Crippen molar-refractivity contribution >= 4 is 28.2 Å². The van der Waals surface area contributed by atoms with E-state index < -0.39 is 27.8 Å². The summed E-state index contributed by atoms with van der Waals surface area (Å²) in [5.41, 5.74) is 5.16. The molecule has 0 radical (unpaired) electrons. The van der Waals surface area contributed by atoms with E-state index in [1.807, 2.05) is 79.7 Å². The number of nitrogens with zero attached hydrogens (tertiary/aromatic N) is 2. The van der Waals surface area contributed by atoms with Gasteiger partial charge >= 0.3 is 0 Å². The number of carbonyl (C=O) groups excluding carboxylic acids is 1. The number of hydrogen-bond acceptors (Lipinski definition) is 6. The van der Waals surface area contributed by atoms with Crippen LogP contribution in [0.3, 0.4) is 0 Å². The molecule has 0 aliphatic carbocycles. The molecule has 0 bridgehead atoms. The standard InChI is InChI=1S/C35H34FN3O4S/c1-35(2,3)44(42)39-21-26-18-28(34(41)37-20-25-10-4-6-13-27(25)36)38-33(32(26)29(39)15-16-40)24-12-8-11-22(17-24)31-19-23-9-5-7-14-30(23)43-31/h4-14,17-19,29,40H,15-16,20-21H2,1-3H3,(H,37,41). The average Bonchev–Trinajstić information content (AvgIpc) is 3.61. The summed E-state index contributed by atoms with van der Waals surface area (Å²) in [4.78, 5) is 18.3. The number of fused-ring (bicyclic) bond motifs is 2. The summed E-state index contributed by atoms with van der Waals surface area (Å²) < 4.78 is 35.4. The minimum atomic E-state index is -1.39. The molecule has 6 rings (SSSR count). The summed E-state index contributed by atoms with van der Waals surface area (Å²) in [5, 5.41) is 13.9. The van der Waals surface area contributed by atoms with Crippen molar-refractivity contribution in [1.29, 1.82) is 0 Å². The van der Waals surface area contributed by atoms with E-state index in [0.717, 1.165) is 33.2 Å². The lowest BCUT2D eigenvalue weighted by Crippen LogP contribution is -2.42. The van der Waals surface area contributed by atoms with Crippen LogP contribution in [0.2, 0.25) is 0 Å². The van der Waals surface area contributed by atoms with Crippen LogP contribution in [0.25, 0.3) is 33.6 Å². The van der Waals surface area contributed by atoms with E-state index >= 15 is 0 Å². The highest BCUT2D eigenvalue weighted by Crippen LogP contribution is 2.45. The largest absolute Gasteiger partial charge is 0.597 e. The third-order valence-corrected chi connectivity index (χ3v) is 9.62. The number of aliphatic hydroxyl groups is 1. The summed E-state index contributed by atoms with van der Waals surface area (Å²) in [6, 6.07) is 25.2. The van der Waals surface area contributed by atoms with Crippen LogP contribution in [0.4, 0.5) is 4.39 Å². The summed E-state index contributed by atoms with van der Waals surface area (Å²) >= 11 is -1.39. The molecular formula is C35H34FN3O4S. The molecule has 0 saturated carbocycles. The van der Waals surface area contributed by atoms with Gasteiger partial charge in [0.2, 0.25) is 0 Å². The van der Waals surface area contributed by atoms with E-state index in [1.54, 1.807) is 24.3 Å². The number of pyridine rings is 1. The molecule has 9 heteroatoms. The van der Waals surface area contributed by atoms with Gasteiger partial charge in [-0.15, -0.1) is 4.31 Å². The van der Waals surface area contributed by atoms with Crippen molar-refractivity contribution < 1.29 is 23.3 Å². The zero-order chi connectivity index (χ0) is 31.0. The molecule has 0 fully saturated rings. The Balaban J connectivity index is 1.44. The van der Waals surface area contributed by atoms with Gasteiger partial charge in [0.1, 0.15) is 27.6 Å². The van der Waals surface area contributed by atoms with Crippen molar-refractivity contribution in [2.75, 3.05) is 6.61 Å². The molecule has 3 heterocycles. The van der Waals surface area contributed by atoms with Crippen LogP contribution in [0.15, 0.2) is 89.3 Å². The van der Waals surface area contributed by atoms with E-state index in [4.69, 9.17) is 9.40 Å². The first-order valence-electron chi connectivity index (χ1n) is 14.6. The fraction of sp³-hybridized carbons (Fsp3) is 0.257. The Morgan fingerprint density at radius 1 is 1.07 bits per heavy atom. The Morgan fingerprint density at radius 3 is 2.57 bits per heavy atom. The number of rotatable bonds is 8. The zero-order valence-corrected chi connectivity index (χ0v) is 25.7. The molecule has 3 aromatic carbocycles. The number of amides is 1. The number of aliphatic hydroxyl groups excluding tert-OH is 1. The Morgan fingerprint density at radius 2 is 1.82 bits per heavy atom. The highest BCUT2D eigenvalue weighted by atomic mass is 32.2. The maximum Gasteiger partial charge on any atom is 0.270 e. The van der Waals surface area contributed by atoms with E-state index in [2.05, 4.69) is 5.32 Å². The predicted molar refractivity (Wildman–Crippen MR) is 170 cm³/mol. The predicted octanol–water partition coefficient (Wildman–Crippen LogP) is 6.93.